The second-order valence-electron chi connectivity index (χ2n) is 3.81. The van der Waals surface area contributed by atoms with Crippen molar-refractivity contribution in [2.45, 2.75) is 6.92 Å². The zero-order valence-corrected chi connectivity index (χ0v) is 9.58. The molecule has 3 aromatic rings. The molecule has 1 aromatic carbocycles. The number of aromatic hydroxyl groups is 1. The lowest BCUT2D eigenvalue weighted by Crippen LogP contribution is -1.85. The van der Waals surface area contributed by atoms with Crippen LogP contribution in [0.5, 0.6) is 5.75 Å². The van der Waals surface area contributed by atoms with Crippen molar-refractivity contribution < 1.29 is 9.63 Å². The SMILES string of the molecule is Cc1c(O)cccc1-c1nc(-c2ncc[nH]2)no1. The predicted molar refractivity (Wildman–Crippen MR) is 63.7 cm³/mol. The van der Waals surface area contributed by atoms with E-state index in [0.29, 0.717) is 28.7 Å². The summed E-state index contributed by atoms with van der Waals surface area (Å²) in [5.41, 5.74) is 1.41. The minimum absolute atomic E-state index is 0.199. The van der Waals surface area contributed by atoms with Crippen molar-refractivity contribution in [1.82, 2.24) is 20.1 Å². The molecule has 0 aliphatic rings. The van der Waals surface area contributed by atoms with Gasteiger partial charge in [-0.15, -0.1) is 0 Å². The average molecular weight is 242 g/mol. The van der Waals surface area contributed by atoms with Crippen molar-refractivity contribution in [3.8, 4) is 28.9 Å². The van der Waals surface area contributed by atoms with Gasteiger partial charge in [-0.25, -0.2) is 4.98 Å². The summed E-state index contributed by atoms with van der Waals surface area (Å²) in [7, 11) is 0. The van der Waals surface area contributed by atoms with Gasteiger partial charge in [0.2, 0.25) is 5.82 Å². The predicted octanol–water partition coefficient (Wildman–Crippen LogP) is 2.14. The van der Waals surface area contributed by atoms with E-state index in [1.165, 1.54) is 0 Å². The molecule has 0 amide bonds. The van der Waals surface area contributed by atoms with Gasteiger partial charge in [-0.05, 0) is 19.1 Å². The molecule has 0 saturated carbocycles. The number of phenolic OH excluding ortho intramolecular Hbond substituents is 1. The third-order valence-electron chi connectivity index (χ3n) is 2.67. The molecule has 0 bridgehead atoms. The summed E-state index contributed by atoms with van der Waals surface area (Å²) in [4.78, 5) is 11.2. The highest BCUT2D eigenvalue weighted by molar-refractivity contribution is 5.63. The second-order valence-corrected chi connectivity index (χ2v) is 3.81. The summed E-state index contributed by atoms with van der Waals surface area (Å²) in [6.07, 6.45) is 3.30. The van der Waals surface area contributed by atoms with Crippen LogP contribution in [0.4, 0.5) is 0 Å². The summed E-state index contributed by atoms with van der Waals surface area (Å²) in [5.74, 6) is 1.49. The van der Waals surface area contributed by atoms with Crippen molar-refractivity contribution >= 4 is 0 Å². The minimum Gasteiger partial charge on any atom is -0.508 e. The highest BCUT2D eigenvalue weighted by Gasteiger charge is 2.14. The highest BCUT2D eigenvalue weighted by Crippen LogP contribution is 2.28. The van der Waals surface area contributed by atoms with Crippen LogP contribution in [0.1, 0.15) is 5.56 Å². The number of rotatable bonds is 2. The maximum Gasteiger partial charge on any atom is 0.258 e. The van der Waals surface area contributed by atoms with Crippen molar-refractivity contribution in [3.63, 3.8) is 0 Å². The van der Waals surface area contributed by atoms with Gasteiger partial charge in [-0.2, -0.15) is 4.98 Å². The second kappa shape index (κ2) is 3.99. The van der Waals surface area contributed by atoms with E-state index < -0.39 is 0 Å². The molecular formula is C12H10N4O2. The first kappa shape index (κ1) is 10.5. The van der Waals surface area contributed by atoms with E-state index in [-0.39, 0.29) is 5.75 Å². The summed E-state index contributed by atoms with van der Waals surface area (Å²) in [5, 5.41) is 13.5. The molecule has 2 heterocycles. The number of hydrogen-bond acceptors (Lipinski definition) is 5. The number of H-pyrrole nitrogens is 1. The Hall–Kier alpha value is -2.63. The maximum absolute atomic E-state index is 9.64. The quantitative estimate of drug-likeness (QED) is 0.718. The van der Waals surface area contributed by atoms with Crippen LogP contribution in [0, 0.1) is 6.92 Å². The number of nitrogens with one attached hydrogen (secondary N) is 1. The highest BCUT2D eigenvalue weighted by atomic mass is 16.5. The number of benzene rings is 1. The van der Waals surface area contributed by atoms with Crippen LogP contribution < -0.4 is 0 Å². The van der Waals surface area contributed by atoms with Gasteiger partial charge < -0.3 is 14.6 Å². The third-order valence-corrected chi connectivity index (χ3v) is 2.67. The fraction of sp³-hybridized carbons (Fsp3) is 0.0833. The number of aromatic amines is 1. The van der Waals surface area contributed by atoms with Crippen LogP contribution >= 0.6 is 0 Å². The van der Waals surface area contributed by atoms with Crippen LogP contribution in [0.3, 0.4) is 0 Å². The lowest BCUT2D eigenvalue weighted by atomic mass is 10.1. The number of phenols is 1. The van der Waals surface area contributed by atoms with Crippen LogP contribution in [-0.4, -0.2) is 25.2 Å². The number of hydrogen-bond donors (Lipinski definition) is 2. The Morgan fingerprint density at radius 1 is 1.33 bits per heavy atom. The molecular weight excluding hydrogens is 232 g/mol. The molecule has 0 aliphatic heterocycles. The summed E-state index contributed by atoms with van der Waals surface area (Å²) in [6, 6.07) is 5.16. The van der Waals surface area contributed by atoms with Gasteiger partial charge in [0, 0.05) is 23.5 Å². The van der Waals surface area contributed by atoms with Crippen molar-refractivity contribution in [1.29, 1.82) is 0 Å². The molecule has 0 fully saturated rings. The van der Waals surface area contributed by atoms with Gasteiger partial charge in [-0.3, -0.25) is 0 Å². The first-order chi connectivity index (χ1) is 8.75. The molecule has 6 nitrogen and oxygen atoms in total. The zero-order chi connectivity index (χ0) is 12.5. The summed E-state index contributed by atoms with van der Waals surface area (Å²) >= 11 is 0. The minimum atomic E-state index is 0.199. The van der Waals surface area contributed by atoms with E-state index in [1.54, 1.807) is 31.5 Å². The molecule has 18 heavy (non-hydrogen) atoms. The Kier molecular flexibility index (Phi) is 2.33. The van der Waals surface area contributed by atoms with Crippen molar-refractivity contribution in [3.05, 3.63) is 36.2 Å². The lowest BCUT2D eigenvalue weighted by Gasteiger charge is -2.01. The van der Waals surface area contributed by atoms with Gasteiger partial charge in [-0.1, -0.05) is 11.2 Å². The van der Waals surface area contributed by atoms with Gasteiger partial charge in [0.1, 0.15) is 5.75 Å². The standard InChI is InChI=1S/C12H10N4O2/c1-7-8(3-2-4-9(7)17)12-15-11(16-18-12)10-13-5-6-14-10/h2-6,17H,1H3,(H,13,14). The normalized spacial score (nSPS) is 10.7. The van der Waals surface area contributed by atoms with Gasteiger partial charge in [0.25, 0.3) is 5.89 Å². The summed E-state index contributed by atoms with van der Waals surface area (Å²) in [6.45, 7) is 1.79. The van der Waals surface area contributed by atoms with E-state index in [9.17, 15) is 5.11 Å². The topological polar surface area (TPSA) is 87.8 Å². The molecule has 2 aromatic heterocycles. The fourth-order valence-corrected chi connectivity index (χ4v) is 1.67. The fourth-order valence-electron chi connectivity index (χ4n) is 1.67. The van der Waals surface area contributed by atoms with Gasteiger partial charge in [0.15, 0.2) is 5.82 Å². The third kappa shape index (κ3) is 1.64. The molecule has 0 atom stereocenters. The van der Waals surface area contributed by atoms with Crippen LogP contribution in [0.15, 0.2) is 35.1 Å². The van der Waals surface area contributed by atoms with E-state index in [0.717, 1.165) is 0 Å². The molecule has 0 radical (unpaired) electrons. The Balaban J connectivity index is 2.06. The first-order valence-corrected chi connectivity index (χ1v) is 5.38. The molecule has 0 unspecified atom stereocenters. The van der Waals surface area contributed by atoms with E-state index in [1.807, 2.05) is 6.07 Å². The number of aromatic nitrogens is 4. The Bertz CT molecular complexity index is 673. The number of imidazole rings is 1. The van der Waals surface area contributed by atoms with Crippen LogP contribution in [-0.2, 0) is 0 Å². The Morgan fingerprint density at radius 2 is 2.22 bits per heavy atom. The average Bonchev–Trinajstić information content (AvgIpc) is 3.01. The molecule has 2 N–H and O–H groups in total. The first-order valence-electron chi connectivity index (χ1n) is 5.38. The Labute approximate surface area is 102 Å². The smallest absolute Gasteiger partial charge is 0.258 e. The molecule has 6 heteroatoms. The van der Waals surface area contributed by atoms with E-state index in [2.05, 4.69) is 20.1 Å². The molecule has 0 aliphatic carbocycles. The number of nitrogens with zero attached hydrogens (tertiary/aromatic N) is 3. The molecule has 90 valence electrons. The molecule has 0 saturated heterocycles. The lowest BCUT2D eigenvalue weighted by molar-refractivity contribution is 0.430. The van der Waals surface area contributed by atoms with Crippen molar-refractivity contribution in [2.24, 2.45) is 0 Å². The van der Waals surface area contributed by atoms with Crippen LogP contribution in [0.25, 0.3) is 23.1 Å². The van der Waals surface area contributed by atoms with Gasteiger partial charge in [0.05, 0.1) is 0 Å². The largest absolute Gasteiger partial charge is 0.508 e. The monoisotopic (exact) mass is 242 g/mol. The Morgan fingerprint density at radius 3 is 3.00 bits per heavy atom. The maximum atomic E-state index is 9.64. The molecule has 3 rings (SSSR count). The van der Waals surface area contributed by atoms with Crippen molar-refractivity contribution in [2.75, 3.05) is 0 Å². The van der Waals surface area contributed by atoms with Gasteiger partial charge >= 0.3 is 0 Å². The van der Waals surface area contributed by atoms with E-state index >= 15 is 0 Å². The summed E-state index contributed by atoms with van der Waals surface area (Å²) < 4.78 is 5.18. The zero-order valence-electron chi connectivity index (χ0n) is 9.58. The van der Waals surface area contributed by atoms with E-state index in [4.69, 9.17) is 4.52 Å². The molecule has 0 spiro atoms. The van der Waals surface area contributed by atoms with Crippen LogP contribution in [0.2, 0.25) is 0 Å².